The van der Waals surface area contributed by atoms with E-state index in [2.05, 4.69) is 43.3 Å². The molecule has 1 unspecified atom stereocenters. The van der Waals surface area contributed by atoms with Crippen molar-refractivity contribution in [2.45, 2.75) is 53.0 Å². The van der Waals surface area contributed by atoms with Crippen molar-refractivity contribution in [3.8, 4) is 0 Å². The van der Waals surface area contributed by atoms with Crippen molar-refractivity contribution < 1.29 is 0 Å². The Morgan fingerprint density at radius 2 is 1.83 bits per heavy atom. The summed E-state index contributed by atoms with van der Waals surface area (Å²) < 4.78 is 0. The van der Waals surface area contributed by atoms with Gasteiger partial charge in [-0.15, -0.1) is 0 Å². The minimum atomic E-state index is 0.480. The maximum atomic E-state index is 4.52. The molecule has 2 N–H and O–H groups in total. The Bertz CT molecular complexity index is 336. The van der Waals surface area contributed by atoms with E-state index in [0.29, 0.717) is 6.04 Å². The Labute approximate surface area is 111 Å². The minimum absolute atomic E-state index is 0.480. The van der Waals surface area contributed by atoms with E-state index in [4.69, 9.17) is 0 Å². The molecule has 3 heteroatoms. The number of pyridine rings is 1. The van der Waals surface area contributed by atoms with Crippen LogP contribution in [-0.2, 0) is 0 Å². The minimum Gasteiger partial charge on any atom is -0.370 e. The Morgan fingerprint density at radius 3 is 2.50 bits per heavy atom. The van der Waals surface area contributed by atoms with Crippen LogP contribution in [0.5, 0.6) is 0 Å². The molecule has 1 atom stereocenters. The molecule has 0 radical (unpaired) electrons. The molecule has 0 fully saturated rings. The number of hydrogen-bond acceptors (Lipinski definition) is 3. The van der Waals surface area contributed by atoms with E-state index in [1.807, 2.05) is 18.2 Å². The van der Waals surface area contributed by atoms with Crippen LogP contribution in [0.4, 0.5) is 11.6 Å². The summed E-state index contributed by atoms with van der Waals surface area (Å²) in [7, 11) is 0. The Hall–Kier alpha value is -1.25. The topological polar surface area (TPSA) is 37.0 Å². The molecule has 0 aliphatic rings. The Kier molecular flexibility index (Phi) is 6.55. The lowest BCUT2D eigenvalue weighted by molar-refractivity contribution is 0.520. The van der Waals surface area contributed by atoms with Crippen molar-refractivity contribution in [1.82, 2.24) is 4.98 Å². The third kappa shape index (κ3) is 5.89. The fourth-order valence-corrected chi connectivity index (χ4v) is 1.95. The lowest BCUT2D eigenvalue weighted by Gasteiger charge is -2.15. The van der Waals surface area contributed by atoms with Gasteiger partial charge in [-0.3, -0.25) is 0 Å². The molecule has 1 rings (SSSR count). The first kappa shape index (κ1) is 14.8. The van der Waals surface area contributed by atoms with Crippen molar-refractivity contribution >= 4 is 11.6 Å². The van der Waals surface area contributed by atoms with Gasteiger partial charge in [0.05, 0.1) is 0 Å². The van der Waals surface area contributed by atoms with E-state index >= 15 is 0 Å². The summed E-state index contributed by atoms with van der Waals surface area (Å²) >= 11 is 0. The van der Waals surface area contributed by atoms with Crippen molar-refractivity contribution in [2.24, 2.45) is 5.92 Å². The van der Waals surface area contributed by atoms with Gasteiger partial charge in [-0.2, -0.15) is 0 Å². The molecule has 1 aromatic rings. The zero-order valence-corrected chi connectivity index (χ0v) is 12.2. The highest BCUT2D eigenvalue weighted by Gasteiger charge is 2.04. The number of aromatic nitrogens is 1. The molecule has 0 saturated carbocycles. The summed E-state index contributed by atoms with van der Waals surface area (Å²) in [6, 6.07) is 6.54. The highest BCUT2D eigenvalue weighted by molar-refractivity contribution is 5.45. The molecule has 3 nitrogen and oxygen atoms in total. The van der Waals surface area contributed by atoms with Gasteiger partial charge in [-0.05, 0) is 38.3 Å². The molecule has 0 amide bonds. The average molecular weight is 249 g/mol. The first-order chi connectivity index (χ1) is 8.61. The van der Waals surface area contributed by atoms with Gasteiger partial charge >= 0.3 is 0 Å². The van der Waals surface area contributed by atoms with E-state index < -0.39 is 0 Å². The summed E-state index contributed by atoms with van der Waals surface area (Å²) in [6.45, 7) is 9.76. The first-order valence-electron chi connectivity index (χ1n) is 7.09. The van der Waals surface area contributed by atoms with Gasteiger partial charge in [0.15, 0.2) is 0 Å². The molecule has 0 spiro atoms. The van der Waals surface area contributed by atoms with Crippen LogP contribution in [0.2, 0.25) is 0 Å². The molecule has 0 bridgehead atoms. The summed E-state index contributed by atoms with van der Waals surface area (Å²) in [6.07, 6.45) is 3.78. The molecular formula is C15H27N3. The summed E-state index contributed by atoms with van der Waals surface area (Å²) in [5, 5.41) is 6.69. The fourth-order valence-electron chi connectivity index (χ4n) is 1.95. The van der Waals surface area contributed by atoms with Gasteiger partial charge < -0.3 is 10.6 Å². The summed E-state index contributed by atoms with van der Waals surface area (Å²) in [4.78, 5) is 4.52. The van der Waals surface area contributed by atoms with Crippen LogP contribution in [0.15, 0.2) is 18.2 Å². The maximum Gasteiger partial charge on any atom is 0.128 e. The molecule has 18 heavy (non-hydrogen) atoms. The smallest absolute Gasteiger partial charge is 0.128 e. The largest absolute Gasteiger partial charge is 0.370 e. The van der Waals surface area contributed by atoms with Crippen molar-refractivity contribution in [1.29, 1.82) is 0 Å². The van der Waals surface area contributed by atoms with E-state index in [1.165, 1.54) is 19.3 Å². The van der Waals surface area contributed by atoms with E-state index in [1.54, 1.807) is 0 Å². The van der Waals surface area contributed by atoms with E-state index in [9.17, 15) is 0 Å². The van der Waals surface area contributed by atoms with Crippen LogP contribution in [0.25, 0.3) is 0 Å². The molecule has 0 aliphatic heterocycles. The van der Waals surface area contributed by atoms with Crippen LogP contribution in [0.3, 0.4) is 0 Å². The van der Waals surface area contributed by atoms with Gasteiger partial charge in [-0.25, -0.2) is 4.98 Å². The summed E-state index contributed by atoms with van der Waals surface area (Å²) in [5.41, 5.74) is 0. The molecular weight excluding hydrogens is 222 g/mol. The van der Waals surface area contributed by atoms with Crippen LogP contribution >= 0.6 is 0 Å². The Morgan fingerprint density at radius 1 is 1.11 bits per heavy atom. The quantitative estimate of drug-likeness (QED) is 0.727. The highest BCUT2D eigenvalue weighted by atomic mass is 15.1. The van der Waals surface area contributed by atoms with E-state index in [-0.39, 0.29) is 0 Å². The number of hydrogen-bond donors (Lipinski definition) is 2. The molecule has 102 valence electrons. The zero-order valence-electron chi connectivity index (χ0n) is 12.2. The maximum absolute atomic E-state index is 4.52. The number of rotatable bonds is 8. The zero-order chi connectivity index (χ0) is 13.4. The van der Waals surface area contributed by atoms with Crippen LogP contribution < -0.4 is 10.6 Å². The predicted octanol–water partition coefficient (Wildman–Crippen LogP) is 4.14. The van der Waals surface area contributed by atoms with Crippen LogP contribution in [0.1, 0.15) is 47.0 Å². The number of anilines is 2. The van der Waals surface area contributed by atoms with Gasteiger partial charge in [0.2, 0.25) is 0 Å². The van der Waals surface area contributed by atoms with Crippen molar-refractivity contribution in [2.75, 3.05) is 17.2 Å². The second-order valence-electron chi connectivity index (χ2n) is 5.31. The monoisotopic (exact) mass is 249 g/mol. The first-order valence-corrected chi connectivity index (χ1v) is 7.09. The third-order valence-electron chi connectivity index (χ3n) is 2.92. The van der Waals surface area contributed by atoms with Gasteiger partial charge in [0.1, 0.15) is 11.6 Å². The van der Waals surface area contributed by atoms with E-state index in [0.717, 1.165) is 24.1 Å². The molecule has 0 aromatic carbocycles. The van der Waals surface area contributed by atoms with Gasteiger partial charge in [0, 0.05) is 12.6 Å². The van der Waals surface area contributed by atoms with Gasteiger partial charge in [-0.1, -0.05) is 32.8 Å². The normalized spacial score (nSPS) is 12.5. The second kappa shape index (κ2) is 7.96. The average Bonchev–Trinajstić information content (AvgIpc) is 2.29. The van der Waals surface area contributed by atoms with Crippen molar-refractivity contribution in [3.63, 3.8) is 0 Å². The third-order valence-corrected chi connectivity index (χ3v) is 2.92. The molecule has 1 aromatic heterocycles. The Balaban J connectivity index is 2.38. The highest BCUT2D eigenvalue weighted by Crippen LogP contribution is 2.13. The lowest BCUT2D eigenvalue weighted by Crippen LogP contribution is -2.16. The molecule has 0 aliphatic carbocycles. The van der Waals surface area contributed by atoms with Crippen LogP contribution in [0, 0.1) is 5.92 Å². The van der Waals surface area contributed by atoms with Crippen molar-refractivity contribution in [3.05, 3.63) is 18.2 Å². The number of nitrogens with one attached hydrogen (secondary N) is 2. The molecule has 1 heterocycles. The second-order valence-corrected chi connectivity index (χ2v) is 5.31. The predicted molar refractivity (Wildman–Crippen MR) is 80.2 cm³/mol. The standard InChI is InChI=1S/C15H27N3/c1-5-16-14-10-7-11-15(18-14)17-13(4)9-6-8-12(2)3/h7,10-13H,5-6,8-9H2,1-4H3,(H2,16,17,18). The SMILES string of the molecule is CCNc1cccc(NC(C)CCCC(C)C)n1. The number of nitrogens with zero attached hydrogens (tertiary/aromatic N) is 1. The van der Waals surface area contributed by atoms with Gasteiger partial charge in [0.25, 0.3) is 0 Å². The van der Waals surface area contributed by atoms with Crippen LogP contribution in [-0.4, -0.2) is 17.6 Å². The summed E-state index contributed by atoms with van der Waals surface area (Å²) in [5.74, 6) is 2.70. The fraction of sp³-hybridized carbons (Fsp3) is 0.667. The lowest BCUT2D eigenvalue weighted by atomic mass is 10.0. The molecule has 0 saturated heterocycles.